The van der Waals surface area contributed by atoms with E-state index in [0.717, 1.165) is 61.3 Å². The Morgan fingerprint density at radius 2 is 2.20 bits per heavy atom. The van der Waals surface area contributed by atoms with Gasteiger partial charge in [-0.3, -0.25) is 4.99 Å². The third-order valence-electron chi connectivity index (χ3n) is 5.09. The van der Waals surface area contributed by atoms with Gasteiger partial charge in [0.25, 0.3) is 0 Å². The van der Waals surface area contributed by atoms with Gasteiger partial charge in [-0.15, -0.1) is 34.2 Å². The standard InChI is InChI=1S/C21H31ClN6O.HI/c1-3-20-26-25-16-28(20)12-11-23-21(24-14-18-9-6-7-13-29-18)27(2)15-17-8-4-5-10-19(17)22;/h4-5,8,10,16,18H,3,6-7,9,11-15H2,1-2H3,(H,23,24);1H. The van der Waals surface area contributed by atoms with Crippen molar-refractivity contribution in [2.45, 2.75) is 51.8 Å². The molecule has 166 valence electrons. The average Bonchev–Trinajstić information content (AvgIpc) is 3.20. The number of hydrogen-bond acceptors (Lipinski definition) is 4. The first kappa shape index (κ1) is 24.9. The summed E-state index contributed by atoms with van der Waals surface area (Å²) in [6.07, 6.45) is 6.29. The van der Waals surface area contributed by atoms with Crippen LogP contribution in [0.15, 0.2) is 35.6 Å². The number of aryl methyl sites for hydroxylation is 1. The Morgan fingerprint density at radius 1 is 1.37 bits per heavy atom. The van der Waals surface area contributed by atoms with Gasteiger partial charge in [-0.1, -0.05) is 36.7 Å². The summed E-state index contributed by atoms with van der Waals surface area (Å²) in [5.41, 5.74) is 1.08. The highest BCUT2D eigenvalue weighted by molar-refractivity contribution is 14.0. The maximum absolute atomic E-state index is 6.35. The Balaban J connectivity index is 0.00000320. The van der Waals surface area contributed by atoms with Crippen LogP contribution in [0, 0.1) is 0 Å². The van der Waals surface area contributed by atoms with Crippen molar-refractivity contribution >= 4 is 41.5 Å². The number of halogens is 2. The fourth-order valence-electron chi connectivity index (χ4n) is 3.44. The van der Waals surface area contributed by atoms with Crippen molar-refractivity contribution in [1.29, 1.82) is 0 Å². The molecule has 2 aromatic rings. The molecule has 2 heterocycles. The third-order valence-corrected chi connectivity index (χ3v) is 5.46. The van der Waals surface area contributed by atoms with Gasteiger partial charge in [-0.2, -0.15) is 0 Å². The van der Waals surface area contributed by atoms with Gasteiger partial charge < -0.3 is 19.5 Å². The first-order chi connectivity index (χ1) is 14.2. The minimum Gasteiger partial charge on any atom is -0.376 e. The molecule has 1 aromatic carbocycles. The first-order valence-electron chi connectivity index (χ1n) is 10.4. The van der Waals surface area contributed by atoms with Crippen LogP contribution in [0.3, 0.4) is 0 Å². The van der Waals surface area contributed by atoms with E-state index in [0.29, 0.717) is 13.1 Å². The van der Waals surface area contributed by atoms with E-state index >= 15 is 0 Å². The van der Waals surface area contributed by atoms with Gasteiger partial charge in [-0.25, -0.2) is 0 Å². The lowest BCUT2D eigenvalue weighted by Crippen LogP contribution is -2.41. The lowest BCUT2D eigenvalue weighted by Gasteiger charge is -2.25. The fraction of sp³-hybridized carbons (Fsp3) is 0.571. The lowest BCUT2D eigenvalue weighted by molar-refractivity contribution is 0.0223. The Kier molecular flexibility index (Phi) is 10.9. The molecule has 30 heavy (non-hydrogen) atoms. The van der Waals surface area contributed by atoms with Crippen molar-refractivity contribution in [1.82, 2.24) is 25.0 Å². The third kappa shape index (κ3) is 7.39. The van der Waals surface area contributed by atoms with E-state index in [2.05, 4.69) is 31.9 Å². The second-order valence-corrected chi connectivity index (χ2v) is 7.73. The summed E-state index contributed by atoms with van der Waals surface area (Å²) in [4.78, 5) is 6.97. The minimum atomic E-state index is 0. The maximum Gasteiger partial charge on any atom is 0.194 e. The molecular formula is C21H32ClIN6O. The molecule has 7 nitrogen and oxygen atoms in total. The largest absolute Gasteiger partial charge is 0.376 e. The zero-order valence-corrected chi connectivity index (χ0v) is 20.8. The van der Waals surface area contributed by atoms with E-state index in [1.807, 2.05) is 31.3 Å². The SMILES string of the molecule is CCc1nncn1CCNC(=NCC1CCCCO1)N(C)Cc1ccccc1Cl.I. The van der Waals surface area contributed by atoms with Gasteiger partial charge >= 0.3 is 0 Å². The van der Waals surface area contributed by atoms with Crippen LogP contribution in [-0.4, -0.2) is 58.5 Å². The van der Waals surface area contributed by atoms with E-state index in [4.69, 9.17) is 21.3 Å². The predicted octanol–water partition coefficient (Wildman–Crippen LogP) is 3.76. The molecule has 9 heteroatoms. The van der Waals surface area contributed by atoms with Crippen LogP contribution >= 0.6 is 35.6 Å². The number of aromatic nitrogens is 3. The van der Waals surface area contributed by atoms with Crippen LogP contribution in [-0.2, 0) is 24.2 Å². The highest BCUT2D eigenvalue weighted by atomic mass is 127. The van der Waals surface area contributed by atoms with Crippen LogP contribution in [0.25, 0.3) is 0 Å². The average molecular weight is 547 g/mol. The molecule has 1 N–H and O–H groups in total. The molecule has 1 aromatic heterocycles. The van der Waals surface area contributed by atoms with Gasteiger partial charge in [0.05, 0.1) is 12.6 Å². The zero-order chi connectivity index (χ0) is 20.5. The topological polar surface area (TPSA) is 67.6 Å². The Morgan fingerprint density at radius 3 is 2.93 bits per heavy atom. The molecule has 1 unspecified atom stereocenters. The number of rotatable bonds is 8. The summed E-state index contributed by atoms with van der Waals surface area (Å²) >= 11 is 6.35. The summed E-state index contributed by atoms with van der Waals surface area (Å²) in [6.45, 7) is 5.80. The molecule has 1 fully saturated rings. The van der Waals surface area contributed by atoms with Crippen LogP contribution in [0.4, 0.5) is 0 Å². The molecule has 3 rings (SSSR count). The van der Waals surface area contributed by atoms with E-state index in [-0.39, 0.29) is 30.1 Å². The number of nitrogens with one attached hydrogen (secondary N) is 1. The van der Waals surface area contributed by atoms with Crippen LogP contribution < -0.4 is 5.32 Å². The fourth-order valence-corrected chi connectivity index (χ4v) is 3.63. The highest BCUT2D eigenvalue weighted by Crippen LogP contribution is 2.17. The van der Waals surface area contributed by atoms with Gasteiger partial charge in [0.15, 0.2) is 5.96 Å². The quantitative estimate of drug-likeness (QED) is 0.310. The summed E-state index contributed by atoms with van der Waals surface area (Å²) in [7, 11) is 2.03. The Labute approximate surface area is 201 Å². The Bertz CT molecular complexity index is 793. The highest BCUT2D eigenvalue weighted by Gasteiger charge is 2.15. The molecule has 0 aliphatic carbocycles. The van der Waals surface area contributed by atoms with Gasteiger partial charge in [0.2, 0.25) is 0 Å². The molecule has 1 saturated heterocycles. The van der Waals surface area contributed by atoms with Crippen LogP contribution in [0.2, 0.25) is 5.02 Å². The van der Waals surface area contributed by atoms with Crippen molar-refractivity contribution in [3.05, 3.63) is 47.0 Å². The van der Waals surface area contributed by atoms with Gasteiger partial charge in [0, 0.05) is 44.7 Å². The number of aliphatic imine (C=N–C) groups is 1. The number of benzene rings is 1. The first-order valence-corrected chi connectivity index (χ1v) is 10.8. The molecule has 0 saturated carbocycles. The molecule has 0 amide bonds. The molecule has 0 radical (unpaired) electrons. The normalized spacial score (nSPS) is 16.8. The predicted molar refractivity (Wildman–Crippen MR) is 132 cm³/mol. The second-order valence-electron chi connectivity index (χ2n) is 7.32. The number of ether oxygens (including phenoxy) is 1. The van der Waals surface area contributed by atoms with Crippen molar-refractivity contribution < 1.29 is 4.74 Å². The van der Waals surface area contributed by atoms with Crippen molar-refractivity contribution in [2.24, 2.45) is 4.99 Å². The van der Waals surface area contributed by atoms with Crippen molar-refractivity contribution in [3.63, 3.8) is 0 Å². The summed E-state index contributed by atoms with van der Waals surface area (Å²) in [6, 6.07) is 7.92. The lowest BCUT2D eigenvalue weighted by atomic mass is 10.1. The van der Waals surface area contributed by atoms with Crippen LogP contribution in [0.5, 0.6) is 0 Å². The van der Waals surface area contributed by atoms with Crippen LogP contribution in [0.1, 0.15) is 37.6 Å². The Hall–Kier alpha value is -1.39. The molecular weight excluding hydrogens is 515 g/mol. The van der Waals surface area contributed by atoms with Crippen molar-refractivity contribution in [2.75, 3.05) is 26.7 Å². The second kappa shape index (κ2) is 13.1. The number of nitrogens with zero attached hydrogens (tertiary/aromatic N) is 5. The maximum atomic E-state index is 6.35. The van der Waals surface area contributed by atoms with E-state index in [1.165, 1.54) is 6.42 Å². The zero-order valence-electron chi connectivity index (χ0n) is 17.8. The molecule has 0 spiro atoms. The van der Waals surface area contributed by atoms with Crippen molar-refractivity contribution in [3.8, 4) is 0 Å². The molecule has 0 bridgehead atoms. The van der Waals surface area contributed by atoms with E-state index in [1.54, 1.807) is 6.33 Å². The number of hydrogen-bond donors (Lipinski definition) is 1. The molecule has 1 aliphatic rings. The van der Waals surface area contributed by atoms with E-state index < -0.39 is 0 Å². The van der Waals surface area contributed by atoms with Gasteiger partial charge in [0.1, 0.15) is 12.2 Å². The van der Waals surface area contributed by atoms with Gasteiger partial charge in [-0.05, 0) is 30.9 Å². The molecule has 1 atom stereocenters. The monoisotopic (exact) mass is 546 g/mol. The number of guanidine groups is 1. The smallest absolute Gasteiger partial charge is 0.194 e. The summed E-state index contributed by atoms with van der Waals surface area (Å²) in [5.74, 6) is 1.84. The van der Waals surface area contributed by atoms with E-state index in [9.17, 15) is 0 Å². The summed E-state index contributed by atoms with van der Waals surface area (Å²) < 4.78 is 7.92. The molecule has 1 aliphatic heterocycles. The summed E-state index contributed by atoms with van der Waals surface area (Å²) in [5, 5.41) is 12.4. The minimum absolute atomic E-state index is 0.